The minimum atomic E-state index is -1.86. The van der Waals surface area contributed by atoms with Crippen LogP contribution in [0.25, 0.3) is 0 Å². The molecule has 1 aromatic carbocycles. The van der Waals surface area contributed by atoms with E-state index in [4.69, 9.17) is 40.1 Å². The molecule has 9 atom stereocenters. The average Bonchev–Trinajstić information content (AvgIpc) is 3.87. The van der Waals surface area contributed by atoms with E-state index in [1.54, 1.807) is 45.2 Å². The number of hydrogen-bond acceptors (Lipinski definition) is 16. The molecule has 0 radical (unpaired) electrons. The van der Waals surface area contributed by atoms with Gasteiger partial charge in [0.05, 0.1) is 25.3 Å². The molecule has 3 unspecified atom stereocenters. The standard InChI is InChI=1S/C44H59ClN4O14S2/c1-24-11-10-12-32(59-9)44(57)23-31(60-42(56)46-44)26(3)40-43(5,62-40)33(22-37(53)48(7)29-20-28(19-24)21-30(58-8)39(29)45)61-41(55)27(4)47(6)34(50)17-18-64-65-25(2)13-16-38(54)63-49-35(51)14-15-36(49)52/h10-12,20-21,25-27,31-33,40,57H,13-19,22-23H2,1-9H3,(H,46,56)/b12-10+,24-11+/t25?,26-,27+,31+,32?,33?,40+,43+,44+/m1/s1. The minimum Gasteiger partial charge on any atom is -0.495 e. The van der Waals surface area contributed by atoms with Crippen molar-refractivity contribution in [1.29, 1.82) is 0 Å². The lowest BCUT2D eigenvalue weighted by atomic mass is 9.83. The van der Waals surface area contributed by atoms with Crippen molar-refractivity contribution in [2.75, 3.05) is 39.0 Å². The van der Waals surface area contributed by atoms with Gasteiger partial charge in [0, 0.05) is 70.2 Å². The van der Waals surface area contributed by atoms with E-state index in [2.05, 4.69) is 5.32 Å². The second-order valence-electron chi connectivity index (χ2n) is 17.0. The number of likely N-dealkylation sites (N-methyl/N-ethyl adjacent to an activating group) is 1. The molecule has 0 spiro atoms. The average molecular weight is 968 g/mol. The maximum absolute atomic E-state index is 14.3. The van der Waals surface area contributed by atoms with E-state index in [0.717, 1.165) is 11.1 Å². The number of epoxide rings is 1. The van der Waals surface area contributed by atoms with Crippen LogP contribution in [0.5, 0.6) is 5.75 Å². The second-order valence-corrected chi connectivity index (χ2v) is 20.3. The fraction of sp³-hybridized carbons (Fsp3) is 0.614. The van der Waals surface area contributed by atoms with Gasteiger partial charge in [0.1, 0.15) is 40.7 Å². The SMILES string of the molecule is COc1cc2cc(c1Cl)N(C)C(=O)CC(OC(=O)[C@H](C)N(C)C(=O)CCSSC(C)CCC(=O)ON1C(=O)CCC1=O)[C@]1(C)O[C@H]1[C@H](C)[C@@H]1C[C@@](O)(NC(=O)O1)C(OC)/C=C/C=C(\C)C2. The van der Waals surface area contributed by atoms with Crippen molar-refractivity contribution in [3.05, 3.63) is 46.5 Å². The smallest absolute Gasteiger partial charge is 0.409 e. The number of methoxy groups -OCH3 is 2. The number of esters is 1. The number of benzene rings is 1. The van der Waals surface area contributed by atoms with Gasteiger partial charge in [0.2, 0.25) is 11.8 Å². The van der Waals surface area contributed by atoms with E-state index >= 15 is 0 Å². The van der Waals surface area contributed by atoms with Gasteiger partial charge in [-0.2, -0.15) is 0 Å². The summed E-state index contributed by atoms with van der Waals surface area (Å²) in [7, 11) is 8.79. The maximum atomic E-state index is 14.3. The first-order valence-corrected chi connectivity index (χ1v) is 24.1. The molecule has 21 heteroatoms. The molecule has 5 amide bonds. The van der Waals surface area contributed by atoms with Gasteiger partial charge < -0.3 is 43.4 Å². The summed E-state index contributed by atoms with van der Waals surface area (Å²) < 4.78 is 29.3. The molecule has 0 aromatic heterocycles. The number of hydrogen-bond donors (Lipinski definition) is 2. The quantitative estimate of drug-likeness (QED) is 0.0818. The number of alkyl carbamates (subject to hydrolysis) is 1. The molecule has 4 heterocycles. The van der Waals surface area contributed by atoms with Crippen molar-refractivity contribution in [1.82, 2.24) is 15.3 Å². The Morgan fingerprint density at radius 2 is 1.78 bits per heavy atom. The van der Waals surface area contributed by atoms with Crippen LogP contribution in [0.2, 0.25) is 5.02 Å². The van der Waals surface area contributed by atoms with Crippen LogP contribution in [0.4, 0.5) is 10.5 Å². The molecule has 4 aliphatic heterocycles. The Balaban J connectivity index is 1.29. The zero-order valence-electron chi connectivity index (χ0n) is 38.1. The number of halogens is 1. The number of allylic oxidation sites excluding steroid dienone is 3. The number of nitrogens with zero attached hydrogens (tertiary/aromatic N) is 3. The topological polar surface area (TPSA) is 220 Å². The number of carbonyl (C=O) groups excluding carboxylic acids is 7. The molecule has 65 heavy (non-hydrogen) atoms. The van der Waals surface area contributed by atoms with Crippen molar-refractivity contribution in [2.45, 2.75) is 133 Å². The molecule has 2 N–H and O–H groups in total. The predicted octanol–water partition coefficient (Wildman–Crippen LogP) is 5.06. The molecule has 4 bridgehead atoms. The van der Waals surface area contributed by atoms with Crippen LogP contribution < -0.4 is 15.0 Å². The molecule has 3 fully saturated rings. The number of rotatable bonds is 14. The van der Waals surface area contributed by atoms with Crippen LogP contribution in [0.1, 0.15) is 85.1 Å². The lowest BCUT2D eigenvalue weighted by Gasteiger charge is -2.42. The largest absolute Gasteiger partial charge is 0.495 e. The Morgan fingerprint density at radius 1 is 1.09 bits per heavy atom. The summed E-state index contributed by atoms with van der Waals surface area (Å²) in [6.45, 7) is 8.79. The molecule has 1 aromatic rings. The van der Waals surface area contributed by atoms with Gasteiger partial charge >= 0.3 is 18.0 Å². The summed E-state index contributed by atoms with van der Waals surface area (Å²) in [5.74, 6) is -3.22. The first kappa shape index (κ1) is 51.6. The third kappa shape index (κ3) is 12.6. The minimum absolute atomic E-state index is 0.00554. The third-order valence-corrected chi connectivity index (χ3v) is 15.5. The van der Waals surface area contributed by atoms with E-state index in [0.29, 0.717) is 35.1 Å². The van der Waals surface area contributed by atoms with Gasteiger partial charge in [0.15, 0.2) is 5.72 Å². The van der Waals surface area contributed by atoms with E-state index in [1.807, 2.05) is 19.9 Å². The number of hydroxylamine groups is 2. The molecule has 18 nitrogen and oxygen atoms in total. The van der Waals surface area contributed by atoms with E-state index in [1.165, 1.54) is 59.6 Å². The first-order chi connectivity index (χ1) is 30.6. The molecular weight excluding hydrogens is 908 g/mol. The second kappa shape index (κ2) is 22.0. The predicted molar refractivity (Wildman–Crippen MR) is 241 cm³/mol. The Kier molecular flexibility index (Phi) is 17.5. The van der Waals surface area contributed by atoms with Crippen molar-refractivity contribution < 1.29 is 67.2 Å². The highest BCUT2D eigenvalue weighted by Gasteiger charge is 2.64. The maximum Gasteiger partial charge on any atom is 0.409 e. The number of aliphatic hydroxyl groups is 1. The Bertz CT molecular complexity index is 2060. The number of carbonyl (C=O) groups is 7. The van der Waals surface area contributed by atoms with E-state index in [-0.39, 0.29) is 54.7 Å². The fourth-order valence-corrected chi connectivity index (χ4v) is 10.5. The summed E-state index contributed by atoms with van der Waals surface area (Å²) >= 11 is 6.79. The summed E-state index contributed by atoms with van der Waals surface area (Å²) in [5, 5.41) is 15.0. The Labute approximate surface area is 391 Å². The zero-order valence-corrected chi connectivity index (χ0v) is 40.5. The molecule has 358 valence electrons. The van der Waals surface area contributed by atoms with Crippen LogP contribution >= 0.6 is 33.2 Å². The zero-order chi connectivity index (χ0) is 48.0. The number of anilines is 1. The number of ether oxygens (including phenoxy) is 5. The summed E-state index contributed by atoms with van der Waals surface area (Å²) in [5.41, 5.74) is -1.10. The molecule has 3 saturated heterocycles. The number of nitrogens with one attached hydrogen (secondary N) is 1. The van der Waals surface area contributed by atoms with Gasteiger partial charge in [-0.15, -0.1) is 5.06 Å². The number of fused-ring (bicyclic) bond motifs is 5. The summed E-state index contributed by atoms with van der Waals surface area (Å²) in [6.07, 6.45) is 1.05. The monoisotopic (exact) mass is 966 g/mol. The molecule has 0 aliphatic carbocycles. The summed E-state index contributed by atoms with van der Waals surface area (Å²) in [4.78, 5) is 97.7. The van der Waals surface area contributed by atoms with Crippen LogP contribution in [-0.2, 0) is 59.0 Å². The molecule has 0 saturated carbocycles. The Hall–Kier alpha value is -4.34. The van der Waals surface area contributed by atoms with Gasteiger partial charge in [0.25, 0.3) is 11.8 Å². The van der Waals surface area contributed by atoms with E-state index in [9.17, 15) is 38.7 Å². The van der Waals surface area contributed by atoms with Crippen molar-refractivity contribution >= 4 is 80.5 Å². The normalized spacial score (nSPS) is 29.3. The van der Waals surface area contributed by atoms with Crippen molar-refractivity contribution in [3.63, 3.8) is 0 Å². The molecular formula is C44H59ClN4O14S2. The fourth-order valence-electron chi connectivity index (χ4n) is 7.86. The van der Waals surface area contributed by atoms with Crippen LogP contribution in [0.3, 0.4) is 0 Å². The summed E-state index contributed by atoms with van der Waals surface area (Å²) in [6, 6.07) is 2.47. The van der Waals surface area contributed by atoms with Gasteiger partial charge in [-0.3, -0.25) is 24.5 Å². The van der Waals surface area contributed by atoms with Crippen LogP contribution in [-0.4, -0.2) is 138 Å². The lowest BCUT2D eigenvalue weighted by molar-refractivity contribution is -0.197. The van der Waals surface area contributed by atoms with Gasteiger partial charge in [-0.25, -0.2) is 14.4 Å². The third-order valence-electron chi connectivity index (χ3n) is 12.1. The van der Waals surface area contributed by atoms with Crippen LogP contribution in [0.15, 0.2) is 35.9 Å². The van der Waals surface area contributed by atoms with Crippen LogP contribution in [0, 0.1) is 5.92 Å². The van der Waals surface area contributed by atoms with Crippen molar-refractivity contribution in [2.24, 2.45) is 5.92 Å². The highest BCUT2D eigenvalue weighted by molar-refractivity contribution is 8.76. The number of amides is 5. The molecule has 4 aliphatic rings. The molecule has 5 rings (SSSR count). The van der Waals surface area contributed by atoms with Gasteiger partial charge in [-0.1, -0.05) is 70.8 Å². The van der Waals surface area contributed by atoms with E-state index < -0.39 is 83.5 Å². The van der Waals surface area contributed by atoms with Crippen molar-refractivity contribution in [3.8, 4) is 5.75 Å². The highest BCUT2D eigenvalue weighted by Crippen LogP contribution is 2.49. The highest BCUT2D eigenvalue weighted by atomic mass is 35.5. The number of imide groups is 1. The first-order valence-electron chi connectivity index (χ1n) is 21.3. The van der Waals surface area contributed by atoms with Gasteiger partial charge in [-0.05, 0) is 51.3 Å². The lowest BCUT2D eigenvalue weighted by Crippen LogP contribution is -2.63. The Morgan fingerprint density at radius 3 is 2.45 bits per heavy atom.